The van der Waals surface area contributed by atoms with Crippen LogP contribution in [0.15, 0.2) is 24.3 Å². The smallest absolute Gasteiger partial charge is 0.118 e. The predicted molar refractivity (Wildman–Crippen MR) is 90.9 cm³/mol. The van der Waals surface area contributed by atoms with Crippen LogP contribution in [0.2, 0.25) is 0 Å². The van der Waals surface area contributed by atoms with E-state index in [9.17, 15) is 0 Å². The maximum atomic E-state index is 6.10. The Morgan fingerprint density at radius 3 is 2.33 bits per heavy atom. The SMILES string of the molecule is CCCCN(CC)C(C)(CN)CCc1ccc(OC)cc1. The summed E-state index contributed by atoms with van der Waals surface area (Å²) in [6.07, 6.45) is 4.62. The number of nitrogens with two attached hydrogens (primary N) is 1. The van der Waals surface area contributed by atoms with E-state index >= 15 is 0 Å². The average Bonchev–Trinajstić information content (AvgIpc) is 2.54. The summed E-state index contributed by atoms with van der Waals surface area (Å²) >= 11 is 0. The van der Waals surface area contributed by atoms with Gasteiger partial charge in [-0.3, -0.25) is 4.90 Å². The molecular weight excluding hydrogens is 260 g/mol. The molecule has 21 heavy (non-hydrogen) atoms. The lowest BCUT2D eigenvalue weighted by Gasteiger charge is -2.40. The topological polar surface area (TPSA) is 38.5 Å². The minimum Gasteiger partial charge on any atom is -0.497 e. The molecule has 0 spiro atoms. The standard InChI is InChI=1S/C18H32N2O/c1-5-7-14-20(6-2)18(3,15-19)13-12-16-8-10-17(21-4)11-9-16/h8-11H,5-7,12-15,19H2,1-4H3. The van der Waals surface area contributed by atoms with Gasteiger partial charge < -0.3 is 10.5 Å². The maximum Gasteiger partial charge on any atom is 0.118 e. The molecule has 1 aromatic rings. The monoisotopic (exact) mass is 292 g/mol. The van der Waals surface area contributed by atoms with E-state index in [1.807, 2.05) is 12.1 Å². The highest BCUT2D eigenvalue weighted by atomic mass is 16.5. The molecule has 1 aromatic carbocycles. The van der Waals surface area contributed by atoms with E-state index in [1.165, 1.54) is 18.4 Å². The van der Waals surface area contributed by atoms with Gasteiger partial charge in [0, 0.05) is 12.1 Å². The van der Waals surface area contributed by atoms with Crippen LogP contribution in [-0.4, -0.2) is 37.2 Å². The molecule has 0 saturated heterocycles. The van der Waals surface area contributed by atoms with Crippen molar-refractivity contribution in [3.05, 3.63) is 29.8 Å². The first-order chi connectivity index (χ1) is 10.1. The molecule has 0 heterocycles. The van der Waals surface area contributed by atoms with Gasteiger partial charge in [0.15, 0.2) is 0 Å². The normalized spacial score (nSPS) is 14.2. The van der Waals surface area contributed by atoms with Gasteiger partial charge in [-0.05, 0) is 57.0 Å². The van der Waals surface area contributed by atoms with Crippen LogP contribution in [0.4, 0.5) is 0 Å². The zero-order valence-electron chi connectivity index (χ0n) is 14.2. The van der Waals surface area contributed by atoms with Crippen LogP contribution in [-0.2, 0) is 6.42 Å². The number of aryl methyl sites for hydroxylation is 1. The number of ether oxygens (including phenoxy) is 1. The second-order valence-electron chi connectivity index (χ2n) is 5.98. The van der Waals surface area contributed by atoms with Crippen LogP contribution in [0.1, 0.15) is 45.6 Å². The summed E-state index contributed by atoms with van der Waals surface area (Å²) in [7, 11) is 1.70. The van der Waals surface area contributed by atoms with Gasteiger partial charge in [0.25, 0.3) is 0 Å². The minimum atomic E-state index is 0.0872. The number of benzene rings is 1. The number of rotatable bonds is 10. The number of hydrogen-bond acceptors (Lipinski definition) is 3. The molecule has 3 heteroatoms. The van der Waals surface area contributed by atoms with Crippen molar-refractivity contribution in [3.63, 3.8) is 0 Å². The zero-order valence-corrected chi connectivity index (χ0v) is 14.2. The van der Waals surface area contributed by atoms with Gasteiger partial charge in [-0.1, -0.05) is 32.4 Å². The Labute approximate surface area is 130 Å². The lowest BCUT2D eigenvalue weighted by Crippen LogP contribution is -2.52. The van der Waals surface area contributed by atoms with Crippen LogP contribution in [0, 0.1) is 0 Å². The molecule has 0 aliphatic rings. The van der Waals surface area contributed by atoms with Gasteiger partial charge in [0.05, 0.1) is 7.11 Å². The summed E-state index contributed by atoms with van der Waals surface area (Å²) < 4.78 is 5.21. The van der Waals surface area contributed by atoms with Crippen molar-refractivity contribution < 1.29 is 4.74 Å². The van der Waals surface area contributed by atoms with Gasteiger partial charge in [0.2, 0.25) is 0 Å². The van der Waals surface area contributed by atoms with Gasteiger partial charge in [-0.15, -0.1) is 0 Å². The second-order valence-corrected chi connectivity index (χ2v) is 5.98. The fourth-order valence-electron chi connectivity index (χ4n) is 2.75. The van der Waals surface area contributed by atoms with Crippen molar-refractivity contribution in [2.45, 2.75) is 52.0 Å². The van der Waals surface area contributed by atoms with E-state index in [2.05, 4.69) is 37.8 Å². The molecule has 0 fully saturated rings. The molecule has 3 nitrogen and oxygen atoms in total. The Bertz CT molecular complexity index is 391. The summed E-state index contributed by atoms with van der Waals surface area (Å²) in [5.74, 6) is 0.915. The molecular formula is C18H32N2O. The Kier molecular flexibility index (Phi) is 7.76. The molecule has 0 aliphatic carbocycles. The number of unbranched alkanes of at least 4 members (excludes halogenated alkanes) is 1. The Hall–Kier alpha value is -1.06. The van der Waals surface area contributed by atoms with Crippen LogP contribution < -0.4 is 10.5 Å². The van der Waals surface area contributed by atoms with E-state index in [-0.39, 0.29) is 5.54 Å². The molecule has 0 aromatic heterocycles. The quantitative estimate of drug-likeness (QED) is 0.717. The summed E-state index contributed by atoms with van der Waals surface area (Å²) in [5, 5.41) is 0. The second kappa shape index (κ2) is 9.06. The van der Waals surface area contributed by atoms with Gasteiger partial charge in [-0.2, -0.15) is 0 Å². The molecule has 2 N–H and O–H groups in total. The van der Waals surface area contributed by atoms with Crippen LogP contribution in [0.3, 0.4) is 0 Å². The third kappa shape index (κ3) is 5.33. The number of nitrogens with zero attached hydrogens (tertiary/aromatic N) is 1. The Morgan fingerprint density at radius 1 is 1.19 bits per heavy atom. The van der Waals surface area contributed by atoms with Crippen LogP contribution >= 0.6 is 0 Å². The third-order valence-electron chi connectivity index (χ3n) is 4.48. The van der Waals surface area contributed by atoms with E-state index in [1.54, 1.807) is 7.11 Å². The molecule has 1 atom stereocenters. The van der Waals surface area contributed by atoms with Gasteiger partial charge in [0.1, 0.15) is 5.75 Å². The average molecular weight is 292 g/mol. The van der Waals surface area contributed by atoms with Crippen molar-refractivity contribution in [2.24, 2.45) is 5.73 Å². The first-order valence-electron chi connectivity index (χ1n) is 8.17. The maximum absolute atomic E-state index is 6.10. The molecule has 1 rings (SSSR count). The summed E-state index contributed by atoms with van der Waals surface area (Å²) in [6, 6.07) is 8.36. The fourth-order valence-corrected chi connectivity index (χ4v) is 2.75. The first kappa shape index (κ1) is 18.0. The summed E-state index contributed by atoms with van der Waals surface area (Å²) in [5.41, 5.74) is 7.54. The van der Waals surface area contributed by atoms with Crippen molar-refractivity contribution in [3.8, 4) is 5.75 Å². The third-order valence-corrected chi connectivity index (χ3v) is 4.48. The molecule has 120 valence electrons. The lowest BCUT2D eigenvalue weighted by atomic mass is 9.91. The minimum absolute atomic E-state index is 0.0872. The number of methoxy groups -OCH3 is 1. The van der Waals surface area contributed by atoms with E-state index in [0.717, 1.165) is 31.7 Å². The lowest BCUT2D eigenvalue weighted by molar-refractivity contribution is 0.106. The molecule has 0 radical (unpaired) electrons. The van der Waals surface area contributed by atoms with Gasteiger partial charge >= 0.3 is 0 Å². The molecule has 0 aliphatic heterocycles. The fraction of sp³-hybridized carbons (Fsp3) is 0.667. The highest BCUT2D eigenvalue weighted by Gasteiger charge is 2.28. The highest BCUT2D eigenvalue weighted by Crippen LogP contribution is 2.22. The Balaban J connectivity index is 2.65. The van der Waals surface area contributed by atoms with Crippen molar-refractivity contribution in [1.29, 1.82) is 0 Å². The first-order valence-corrected chi connectivity index (χ1v) is 8.17. The molecule has 1 unspecified atom stereocenters. The van der Waals surface area contributed by atoms with Gasteiger partial charge in [-0.25, -0.2) is 0 Å². The van der Waals surface area contributed by atoms with Crippen molar-refractivity contribution in [2.75, 3.05) is 26.7 Å². The van der Waals surface area contributed by atoms with Crippen LogP contribution in [0.5, 0.6) is 5.75 Å². The summed E-state index contributed by atoms with van der Waals surface area (Å²) in [4.78, 5) is 2.54. The van der Waals surface area contributed by atoms with Crippen molar-refractivity contribution in [1.82, 2.24) is 4.90 Å². The van der Waals surface area contributed by atoms with Crippen molar-refractivity contribution >= 4 is 0 Å². The molecule has 0 bridgehead atoms. The number of hydrogen-bond donors (Lipinski definition) is 1. The van der Waals surface area contributed by atoms with Crippen LogP contribution in [0.25, 0.3) is 0 Å². The zero-order chi connectivity index (χ0) is 15.7. The highest BCUT2D eigenvalue weighted by molar-refractivity contribution is 5.27. The van der Waals surface area contributed by atoms with E-state index in [0.29, 0.717) is 6.54 Å². The number of likely N-dealkylation sites (N-methyl/N-ethyl adjacent to an activating group) is 1. The van der Waals surface area contributed by atoms with E-state index in [4.69, 9.17) is 10.5 Å². The van der Waals surface area contributed by atoms with E-state index < -0.39 is 0 Å². The summed E-state index contributed by atoms with van der Waals surface area (Å²) in [6.45, 7) is 9.69. The predicted octanol–water partition coefficient (Wildman–Crippen LogP) is 3.47. The largest absolute Gasteiger partial charge is 0.497 e. The molecule has 0 amide bonds. The Morgan fingerprint density at radius 2 is 1.86 bits per heavy atom. The molecule has 0 saturated carbocycles.